The molecule has 0 saturated heterocycles. The van der Waals surface area contributed by atoms with Gasteiger partial charge in [0.05, 0.1) is 21.4 Å². The summed E-state index contributed by atoms with van der Waals surface area (Å²) in [5.41, 5.74) is 2.53. The van der Waals surface area contributed by atoms with Crippen LogP contribution in [0.2, 0.25) is 15.1 Å². The summed E-state index contributed by atoms with van der Waals surface area (Å²) in [6, 6.07) is 11.3. The fraction of sp³-hybridized carbons (Fsp3) is 0. The van der Waals surface area contributed by atoms with Crippen LogP contribution in [-0.2, 0) is 0 Å². The molecule has 0 bridgehead atoms. The molecule has 2 aromatic carbocycles. The van der Waals surface area contributed by atoms with Gasteiger partial charge in [-0.3, -0.25) is 0 Å². The van der Waals surface area contributed by atoms with Gasteiger partial charge in [-0.05, 0) is 24.3 Å². The Morgan fingerprint density at radius 1 is 1.00 bits per heavy atom. The number of thiazole rings is 1. The first-order chi connectivity index (χ1) is 10.5. The summed E-state index contributed by atoms with van der Waals surface area (Å²) in [7, 11) is 0. The summed E-state index contributed by atoms with van der Waals surface area (Å²) < 4.78 is 1.03. The molecule has 0 spiro atoms. The van der Waals surface area contributed by atoms with E-state index in [4.69, 9.17) is 34.8 Å². The normalized spacial score (nSPS) is 10.7. The SMILES string of the molecule is Clc1cc(Cl)c(Nc2nc(-c3ccc(Br)cc3)cs2)c(Cl)c1. The summed E-state index contributed by atoms with van der Waals surface area (Å²) in [6.07, 6.45) is 0. The first-order valence-electron chi connectivity index (χ1n) is 6.16. The Kier molecular flexibility index (Phi) is 4.95. The van der Waals surface area contributed by atoms with Crippen LogP contribution in [0.25, 0.3) is 11.3 Å². The van der Waals surface area contributed by atoms with Crippen molar-refractivity contribution in [3.8, 4) is 11.3 Å². The monoisotopic (exact) mass is 432 g/mol. The molecule has 0 amide bonds. The number of aromatic nitrogens is 1. The summed E-state index contributed by atoms with van der Waals surface area (Å²) in [5.74, 6) is 0. The Bertz CT molecular complexity index is 795. The highest BCUT2D eigenvalue weighted by molar-refractivity contribution is 9.10. The van der Waals surface area contributed by atoms with Crippen molar-refractivity contribution in [2.45, 2.75) is 0 Å². The van der Waals surface area contributed by atoms with Crippen molar-refractivity contribution < 1.29 is 0 Å². The zero-order valence-electron chi connectivity index (χ0n) is 10.9. The Hall–Kier alpha value is -0.780. The zero-order chi connectivity index (χ0) is 15.7. The first kappa shape index (κ1) is 16.1. The molecular weight excluding hydrogens is 427 g/mol. The van der Waals surface area contributed by atoms with E-state index >= 15 is 0 Å². The third-order valence-corrected chi connectivity index (χ3v) is 4.98. The van der Waals surface area contributed by atoms with Gasteiger partial charge in [0, 0.05) is 20.4 Å². The van der Waals surface area contributed by atoms with Crippen LogP contribution in [0.15, 0.2) is 46.3 Å². The maximum atomic E-state index is 6.17. The largest absolute Gasteiger partial charge is 0.329 e. The number of halogens is 4. The molecule has 1 heterocycles. The predicted molar refractivity (Wildman–Crippen MR) is 100 cm³/mol. The molecule has 3 aromatic rings. The third kappa shape index (κ3) is 3.58. The van der Waals surface area contributed by atoms with Crippen molar-refractivity contribution in [3.63, 3.8) is 0 Å². The minimum absolute atomic E-state index is 0.456. The topological polar surface area (TPSA) is 24.9 Å². The van der Waals surface area contributed by atoms with Gasteiger partial charge < -0.3 is 5.32 Å². The van der Waals surface area contributed by atoms with Gasteiger partial charge in [0.2, 0.25) is 0 Å². The van der Waals surface area contributed by atoms with Crippen LogP contribution in [0, 0.1) is 0 Å². The molecule has 1 aromatic heterocycles. The van der Waals surface area contributed by atoms with Gasteiger partial charge in [0.1, 0.15) is 0 Å². The molecule has 3 rings (SSSR count). The van der Waals surface area contributed by atoms with Gasteiger partial charge in [-0.15, -0.1) is 11.3 Å². The van der Waals surface area contributed by atoms with Crippen molar-refractivity contribution in [3.05, 3.63) is 61.3 Å². The van der Waals surface area contributed by atoms with Crippen molar-refractivity contribution in [1.29, 1.82) is 0 Å². The maximum absolute atomic E-state index is 6.17. The molecule has 0 aliphatic rings. The molecule has 0 radical (unpaired) electrons. The second-order valence-corrected chi connectivity index (χ2v) is 7.44. The van der Waals surface area contributed by atoms with E-state index in [2.05, 4.69) is 26.2 Å². The van der Waals surface area contributed by atoms with Crippen LogP contribution < -0.4 is 5.32 Å². The molecule has 7 heteroatoms. The van der Waals surface area contributed by atoms with E-state index in [1.165, 1.54) is 11.3 Å². The van der Waals surface area contributed by atoms with E-state index in [9.17, 15) is 0 Å². The van der Waals surface area contributed by atoms with Gasteiger partial charge in [0.15, 0.2) is 5.13 Å². The van der Waals surface area contributed by atoms with Crippen molar-refractivity contribution in [2.75, 3.05) is 5.32 Å². The molecular formula is C15H8BrCl3N2S. The van der Waals surface area contributed by atoms with Crippen LogP contribution >= 0.6 is 62.1 Å². The molecule has 1 N–H and O–H groups in total. The smallest absolute Gasteiger partial charge is 0.187 e. The molecule has 0 unspecified atom stereocenters. The van der Waals surface area contributed by atoms with Crippen LogP contribution in [-0.4, -0.2) is 4.98 Å². The van der Waals surface area contributed by atoms with Gasteiger partial charge in [-0.1, -0.05) is 62.9 Å². The fourth-order valence-electron chi connectivity index (χ4n) is 1.85. The van der Waals surface area contributed by atoms with Crippen LogP contribution in [0.4, 0.5) is 10.8 Å². The van der Waals surface area contributed by atoms with Gasteiger partial charge in [-0.25, -0.2) is 4.98 Å². The minimum atomic E-state index is 0.456. The molecule has 0 fully saturated rings. The minimum Gasteiger partial charge on any atom is -0.329 e. The van der Waals surface area contributed by atoms with E-state index in [0.29, 0.717) is 25.9 Å². The van der Waals surface area contributed by atoms with Crippen LogP contribution in [0.3, 0.4) is 0 Å². The third-order valence-electron chi connectivity index (χ3n) is 2.88. The lowest BCUT2D eigenvalue weighted by Crippen LogP contribution is -1.92. The highest BCUT2D eigenvalue weighted by Gasteiger charge is 2.11. The van der Waals surface area contributed by atoms with E-state index in [1.54, 1.807) is 12.1 Å². The van der Waals surface area contributed by atoms with Crippen LogP contribution in [0.5, 0.6) is 0 Å². The molecule has 0 atom stereocenters. The second-order valence-electron chi connectivity index (χ2n) is 4.41. The van der Waals surface area contributed by atoms with Gasteiger partial charge in [0.25, 0.3) is 0 Å². The number of hydrogen-bond donors (Lipinski definition) is 1. The highest BCUT2D eigenvalue weighted by Crippen LogP contribution is 2.37. The number of benzene rings is 2. The molecule has 0 saturated carbocycles. The Morgan fingerprint density at radius 3 is 2.27 bits per heavy atom. The van der Waals surface area contributed by atoms with Crippen molar-refractivity contribution >= 4 is 72.9 Å². The number of nitrogens with zero attached hydrogens (tertiary/aromatic N) is 1. The Morgan fingerprint density at radius 2 is 1.64 bits per heavy atom. The lowest BCUT2D eigenvalue weighted by molar-refractivity contribution is 1.38. The van der Waals surface area contributed by atoms with Gasteiger partial charge in [-0.2, -0.15) is 0 Å². The fourth-order valence-corrected chi connectivity index (χ4v) is 3.75. The lowest BCUT2D eigenvalue weighted by atomic mass is 10.2. The van der Waals surface area contributed by atoms with E-state index in [0.717, 1.165) is 15.7 Å². The van der Waals surface area contributed by atoms with E-state index < -0.39 is 0 Å². The van der Waals surface area contributed by atoms with E-state index in [-0.39, 0.29) is 0 Å². The maximum Gasteiger partial charge on any atom is 0.187 e. The number of rotatable bonds is 3. The summed E-state index contributed by atoms with van der Waals surface area (Å²) >= 11 is 23.1. The van der Waals surface area contributed by atoms with Crippen molar-refractivity contribution in [1.82, 2.24) is 4.98 Å². The highest BCUT2D eigenvalue weighted by atomic mass is 79.9. The average Bonchev–Trinajstić information content (AvgIpc) is 2.92. The molecule has 112 valence electrons. The molecule has 22 heavy (non-hydrogen) atoms. The summed E-state index contributed by atoms with van der Waals surface area (Å²) in [6.45, 7) is 0. The van der Waals surface area contributed by atoms with E-state index in [1.807, 2.05) is 29.6 Å². The van der Waals surface area contributed by atoms with Crippen molar-refractivity contribution in [2.24, 2.45) is 0 Å². The first-order valence-corrected chi connectivity index (χ1v) is 8.96. The number of anilines is 2. The Labute approximate surface area is 155 Å². The zero-order valence-corrected chi connectivity index (χ0v) is 15.6. The molecule has 0 aliphatic carbocycles. The quantitative estimate of drug-likeness (QED) is 0.469. The Balaban J connectivity index is 1.87. The standard InChI is InChI=1S/C15H8BrCl3N2S/c16-9-3-1-8(2-4-9)13-7-22-15(20-13)21-14-11(18)5-10(17)6-12(14)19/h1-7H,(H,20,21). The summed E-state index contributed by atoms with van der Waals surface area (Å²) in [4.78, 5) is 4.55. The predicted octanol–water partition coefficient (Wildman–Crippen LogP) is 7.28. The second kappa shape index (κ2) is 6.77. The van der Waals surface area contributed by atoms with Gasteiger partial charge >= 0.3 is 0 Å². The molecule has 0 aliphatic heterocycles. The summed E-state index contributed by atoms with van der Waals surface area (Å²) in [5, 5.41) is 7.24. The number of hydrogen-bond acceptors (Lipinski definition) is 3. The molecule has 2 nitrogen and oxygen atoms in total. The number of nitrogens with one attached hydrogen (secondary N) is 1. The van der Waals surface area contributed by atoms with Crippen LogP contribution in [0.1, 0.15) is 0 Å². The lowest BCUT2D eigenvalue weighted by Gasteiger charge is -2.08. The average molecular weight is 435 g/mol.